The van der Waals surface area contributed by atoms with E-state index in [0.29, 0.717) is 11.3 Å². The van der Waals surface area contributed by atoms with E-state index >= 15 is 0 Å². The summed E-state index contributed by atoms with van der Waals surface area (Å²) in [5.41, 5.74) is -0.115. The molecule has 0 aliphatic carbocycles. The van der Waals surface area contributed by atoms with Crippen molar-refractivity contribution in [3.8, 4) is 5.75 Å². The molecule has 0 bridgehead atoms. The number of hydrogen-bond acceptors (Lipinski definition) is 6. The summed E-state index contributed by atoms with van der Waals surface area (Å²) in [6, 6.07) is 7.81. The van der Waals surface area contributed by atoms with Gasteiger partial charge >= 0.3 is 5.97 Å². The van der Waals surface area contributed by atoms with Gasteiger partial charge in [0.1, 0.15) is 22.8 Å². The second-order valence-corrected chi connectivity index (χ2v) is 9.95. The molecule has 2 unspecified atom stereocenters. The number of carbonyl (C=O) groups is 3. The number of amides is 2. The Balaban J connectivity index is 1.70. The third-order valence-electron chi connectivity index (χ3n) is 4.39. The lowest BCUT2D eigenvalue weighted by molar-refractivity contribution is -0.159. The van der Waals surface area contributed by atoms with Crippen LogP contribution in [0.15, 0.2) is 41.6 Å². The number of carbonyl (C=O) groups excluding carboxylic acids is 3. The number of halogens is 1. The van der Waals surface area contributed by atoms with Gasteiger partial charge in [-0.05, 0) is 44.1 Å². The highest BCUT2D eigenvalue weighted by molar-refractivity contribution is 9.09. The molecule has 2 aliphatic heterocycles. The molecule has 8 nitrogen and oxygen atoms in total. The minimum atomic E-state index is -1.47. The summed E-state index contributed by atoms with van der Waals surface area (Å²) in [5.74, 6) is -1.03. The molecule has 1 N–H and O–H groups in total. The maximum atomic E-state index is 12.8. The van der Waals surface area contributed by atoms with Gasteiger partial charge in [0.05, 0.1) is 0 Å². The van der Waals surface area contributed by atoms with E-state index in [0.717, 1.165) is 0 Å². The topological polar surface area (TPSA) is 108 Å². The third kappa shape index (κ3) is 4.81. The molecular formula is C20H23BrN2O6S. The average Bonchev–Trinajstić information content (AvgIpc) is 2.69. The van der Waals surface area contributed by atoms with Gasteiger partial charge in [-0.2, -0.15) is 0 Å². The molecule has 1 saturated heterocycles. The zero-order chi connectivity index (χ0) is 22.1. The predicted molar refractivity (Wildman–Crippen MR) is 114 cm³/mol. The zero-order valence-corrected chi connectivity index (χ0v) is 19.2. The van der Waals surface area contributed by atoms with E-state index in [4.69, 9.17) is 9.47 Å². The lowest BCUT2D eigenvalue weighted by Crippen LogP contribution is -2.75. The normalized spacial score (nSPS) is 23.4. The second-order valence-electron chi connectivity index (χ2n) is 7.86. The van der Waals surface area contributed by atoms with Gasteiger partial charge in [-0.15, -0.1) is 0 Å². The third-order valence-corrected chi connectivity index (χ3v) is 6.72. The monoisotopic (exact) mass is 498 g/mol. The molecule has 3 atom stereocenters. The van der Waals surface area contributed by atoms with Crippen LogP contribution in [0.3, 0.4) is 0 Å². The number of alkyl halides is 1. The Morgan fingerprint density at radius 2 is 1.97 bits per heavy atom. The molecule has 0 saturated carbocycles. The van der Waals surface area contributed by atoms with Crippen LogP contribution in [-0.2, 0) is 30.3 Å². The van der Waals surface area contributed by atoms with Crippen molar-refractivity contribution in [3.05, 3.63) is 41.6 Å². The number of ether oxygens (including phenoxy) is 2. The number of nitrogens with zero attached hydrogens (tertiary/aromatic N) is 1. The highest BCUT2D eigenvalue weighted by atomic mass is 79.9. The van der Waals surface area contributed by atoms with Crippen molar-refractivity contribution in [1.82, 2.24) is 10.2 Å². The fourth-order valence-electron chi connectivity index (χ4n) is 3.15. The lowest BCUT2D eigenvalue weighted by Gasteiger charge is -2.49. The molecule has 30 heavy (non-hydrogen) atoms. The standard InChI is InChI=1S/C20H23BrN2O6S/c1-20(2,3)29-19(26)16-12(9-21)11-30(27)18-15(17(25)23(16)18)22-14(24)10-28-13-7-5-4-6-8-13/h4-8,15,18H,9-11H2,1-3H3,(H,22,24)/t15?,18-,30?/m0/s1. The Hall–Kier alpha value is -2.04. The molecular weight excluding hydrogens is 476 g/mol. The second kappa shape index (κ2) is 8.99. The fourth-order valence-corrected chi connectivity index (χ4v) is 5.56. The number of nitrogens with one attached hydrogen (secondary N) is 1. The van der Waals surface area contributed by atoms with Crippen molar-refractivity contribution >= 4 is 44.9 Å². The van der Waals surface area contributed by atoms with Crippen LogP contribution < -0.4 is 10.1 Å². The predicted octanol–water partition coefficient (Wildman–Crippen LogP) is 1.47. The van der Waals surface area contributed by atoms with Gasteiger partial charge in [-0.25, -0.2) is 4.79 Å². The number of rotatable bonds is 6. The molecule has 0 aromatic heterocycles. The summed E-state index contributed by atoms with van der Waals surface area (Å²) in [4.78, 5) is 38.9. The van der Waals surface area contributed by atoms with Crippen molar-refractivity contribution in [1.29, 1.82) is 0 Å². The molecule has 0 radical (unpaired) electrons. The number of hydrogen-bond donors (Lipinski definition) is 1. The number of fused-ring (bicyclic) bond motifs is 1. The minimum Gasteiger partial charge on any atom is -0.614 e. The van der Waals surface area contributed by atoms with E-state index in [-0.39, 0.29) is 23.4 Å². The fraction of sp³-hybridized carbons (Fsp3) is 0.450. The summed E-state index contributed by atoms with van der Waals surface area (Å²) in [7, 11) is 0. The molecule has 2 amide bonds. The first-order valence-corrected chi connectivity index (χ1v) is 11.8. The first-order valence-electron chi connectivity index (χ1n) is 9.31. The molecule has 1 aromatic carbocycles. The smallest absolute Gasteiger partial charge is 0.355 e. The van der Waals surface area contributed by atoms with Crippen LogP contribution in [-0.4, -0.2) is 61.9 Å². The maximum Gasteiger partial charge on any atom is 0.355 e. The van der Waals surface area contributed by atoms with Gasteiger partial charge < -0.3 is 19.3 Å². The van der Waals surface area contributed by atoms with Gasteiger partial charge in [-0.1, -0.05) is 34.1 Å². The van der Waals surface area contributed by atoms with Crippen LogP contribution in [0.5, 0.6) is 5.75 Å². The van der Waals surface area contributed by atoms with E-state index in [1.54, 1.807) is 45.0 Å². The number of β-lactam (4-membered cyclic amide) rings is 1. The summed E-state index contributed by atoms with van der Waals surface area (Å²) in [5, 5.41) is 2.04. The highest BCUT2D eigenvalue weighted by Gasteiger charge is 2.61. The Morgan fingerprint density at radius 1 is 1.30 bits per heavy atom. The van der Waals surface area contributed by atoms with Crippen molar-refractivity contribution in [3.63, 3.8) is 0 Å². The van der Waals surface area contributed by atoms with Crippen LogP contribution in [0.25, 0.3) is 0 Å². The van der Waals surface area contributed by atoms with Crippen molar-refractivity contribution in [2.75, 3.05) is 17.7 Å². The Labute approximate surface area is 186 Å². The first kappa shape index (κ1) is 22.6. The van der Waals surface area contributed by atoms with Gasteiger partial charge in [0.2, 0.25) is 5.37 Å². The van der Waals surface area contributed by atoms with Gasteiger partial charge in [0.25, 0.3) is 11.8 Å². The molecule has 2 aliphatic rings. The molecule has 0 spiro atoms. The van der Waals surface area contributed by atoms with Crippen molar-refractivity contribution in [2.24, 2.45) is 0 Å². The number of esters is 1. The van der Waals surface area contributed by atoms with Crippen molar-refractivity contribution in [2.45, 2.75) is 37.8 Å². The van der Waals surface area contributed by atoms with E-state index in [1.807, 2.05) is 6.07 Å². The van der Waals surface area contributed by atoms with Crippen LogP contribution in [0.2, 0.25) is 0 Å². The Kier molecular flexibility index (Phi) is 6.78. The van der Waals surface area contributed by atoms with E-state index in [1.165, 1.54) is 4.90 Å². The Morgan fingerprint density at radius 3 is 2.57 bits per heavy atom. The maximum absolute atomic E-state index is 12.8. The minimum absolute atomic E-state index is 0.0995. The first-order chi connectivity index (χ1) is 14.1. The highest BCUT2D eigenvalue weighted by Crippen LogP contribution is 2.38. The number of benzene rings is 1. The van der Waals surface area contributed by atoms with Crippen LogP contribution in [0, 0.1) is 0 Å². The van der Waals surface area contributed by atoms with Gasteiger partial charge in [0.15, 0.2) is 12.6 Å². The van der Waals surface area contributed by atoms with E-state index < -0.39 is 46.0 Å². The molecule has 1 aromatic rings. The SMILES string of the molecule is CC(C)(C)OC(=O)C1=C(CBr)C[S+]([O-])[C@H]2C(NC(=O)COc3ccccc3)C(=O)N12. The zero-order valence-electron chi connectivity index (χ0n) is 16.8. The summed E-state index contributed by atoms with van der Waals surface area (Å²) >= 11 is 1.82. The van der Waals surface area contributed by atoms with Gasteiger partial charge in [-0.3, -0.25) is 14.5 Å². The molecule has 2 heterocycles. The summed E-state index contributed by atoms with van der Waals surface area (Å²) < 4.78 is 23.5. The summed E-state index contributed by atoms with van der Waals surface area (Å²) in [6.07, 6.45) is 0. The molecule has 162 valence electrons. The van der Waals surface area contributed by atoms with Crippen molar-refractivity contribution < 1.29 is 28.4 Å². The molecule has 10 heteroatoms. The molecule has 1 fully saturated rings. The van der Waals surface area contributed by atoms with Crippen LogP contribution in [0.1, 0.15) is 20.8 Å². The quantitative estimate of drug-likeness (QED) is 0.275. The van der Waals surface area contributed by atoms with E-state index in [2.05, 4.69) is 21.2 Å². The average molecular weight is 499 g/mol. The Bertz CT molecular complexity index is 870. The lowest BCUT2D eigenvalue weighted by atomic mass is 10.0. The van der Waals surface area contributed by atoms with Crippen LogP contribution in [0.4, 0.5) is 0 Å². The largest absolute Gasteiger partial charge is 0.614 e. The number of para-hydroxylation sites is 1. The molecule has 3 rings (SSSR count). The van der Waals surface area contributed by atoms with Gasteiger partial charge in [0, 0.05) is 10.9 Å². The summed E-state index contributed by atoms with van der Waals surface area (Å²) in [6.45, 7) is 4.90. The van der Waals surface area contributed by atoms with E-state index in [9.17, 15) is 18.9 Å². The van der Waals surface area contributed by atoms with Crippen LogP contribution >= 0.6 is 15.9 Å².